The minimum Gasteiger partial charge on any atom is -0.507 e. The summed E-state index contributed by atoms with van der Waals surface area (Å²) in [4.78, 5) is 18.9. The normalized spacial score (nSPS) is 22.4. The molecular weight excluding hydrogens is 376 g/mol. The molecule has 146 valence electrons. The Labute approximate surface area is 168 Å². The third-order valence-electron chi connectivity index (χ3n) is 6.45. The van der Waals surface area contributed by atoms with Crippen molar-refractivity contribution in [3.63, 3.8) is 0 Å². The summed E-state index contributed by atoms with van der Waals surface area (Å²) in [5.41, 5.74) is 3.11. The van der Waals surface area contributed by atoms with Gasteiger partial charge in [-0.25, -0.2) is 15.0 Å². The van der Waals surface area contributed by atoms with Gasteiger partial charge in [0.1, 0.15) is 17.4 Å². The van der Waals surface area contributed by atoms with Crippen molar-refractivity contribution in [2.45, 2.75) is 25.3 Å². The summed E-state index contributed by atoms with van der Waals surface area (Å²) >= 11 is 6.05. The lowest BCUT2D eigenvalue weighted by Crippen LogP contribution is -2.59. The number of likely N-dealkylation sites (tertiary alicyclic amines) is 1. The summed E-state index contributed by atoms with van der Waals surface area (Å²) in [5.74, 6) is 1.61. The van der Waals surface area contributed by atoms with E-state index < -0.39 is 0 Å². The number of halogens is 1. The first-order valence-electron chi connectivity index (χ1n) is 9.53. The van der Waals surface area contributed by atoms with Crippen LogP contribution in [0.3, 0.4) is 0 Å². The van der Waals surface area contributed by atoms with Crippen LogP contribution in [0.25, 0.3) is 22.7 Å². The quantitative estimate of drug-likeness (QED) is 0.715. The molecule has 8 heteroatoms. The molecule has 1 atom stereocenters. The predicted molar refractivity (Wildman–Crippen MR) is 110 cm³/mol. The molecule has 1 unspecified atom stereocenters. The molecule has 0 aliphatic carbocycles. The van der Waals surface area contributed by atoms with E-state index in [0.29, 0.717) is 33.2 Å². The zero-order valence-electron chi connectivity index (χ0n) is 16.3. The number of aromatic hydroxyl groups is 1. The van der Waals surface area contributed by atoms with Crippen molar-refractivity contribution in [2.75, 3.05) is 31.6 Å². The molecule has 2 aliphatic heterocycles. The number of hydrogen-bond donors (Lipinski definition) is 1. The maximum atomic E-state index is 10.4. The van der Waals surface area contributed by atoms with Gasteiger partial charge in [0, 0.05) is 37.2 Å². The van der Waals surface area contributed by atoms with Gasteiger partial charge in [-0.2, -0.15) is 0 Å². The minimum absolute atomic E-state index is 0.109. The number of phenolic OH excluding ortho intramolecular Hbond substituents is 1. The van der Waals surface area contributed by atoms with Gasteiger partial charge in [-0.1, -0.05) is 11.6 Å². The van der Waals surface area contributed by atoms with Crippen molar-refractivity contribution in [1.82, 2.24) is 24.4 Å². The topological polar surface area (TPSA) is 70.3 Å². The fraction of sp³-hybridized carbons (Fsp3) is 0.450. The minimum atomic E-state index is 0.109. The molecule has 3 aromatic rings. The van der Waals surface area contributed by atoms with Gasteiger partial charge in [0.15, 0.2) is 11.3 Å². The molecule has 2 aliphatic rings. The number of hydrogen-bond acceptors (Lipinski definition) is 6. The maximum absolute atomic E-state index is 10.4. The lowest BCUT2D eigenvalue weighted by Gasteiger charge is -2.48. The number of rotatable bonds is 2. The van der Waals surface area contributed by atoms with Crippen molar-refractivity contribution >= 4 is 28.7 Å². The van der Waals surface area contributed by atoms with E-state index in [2.05, 4.69) is 21.8 Å². The Hall–Kier alpha value is -2.38. The molecule has 1 spiro atoms. The second-order valence-electron chi connectivity index (χ2n) is 8.05. The third-order valence-corrected chi connectivity index (χ3v) is 6.67. The zero-order chi connectivity index (χ0) is 19.6. The first kappa shape index (κ1) is 17.7. The van der Waals surface area contributed by atoms with Crippen LogP contribution < -0.4 is 4.90 Å². The predicted octanol–water partition coefficient (Wildman–Crippen LogP) is 2.98. The molecular formula is C20H23ClN6O. The van der Waals surface area contributed by atoms with E-state index in [-0.39, 0.29) is 5.75 Å². The molecule has 1 N–H and O–H groups in total. The Bertz CT molecular complexity index is 1070. The van der Waals surface area contributed by atoms with E-state index in [1.807, 2.05) is 30.8 Å². The second-order valence-corrected chi connectivity index (χ2v) is 8.49. The number of nitrogens with zero attached hydrogens (tertiary/aromatic N) is 6. The number of likely N-dealkylation sites (N-methyl/N-ethyl adjacent to an activating group) is 1. The third kappa shape index (κ3) is 2.49. The number of imidazole rings is 1. The van der Waals surface area contributed by atoms with E-state index in [0.717, 1.165) is 30.9 Å². The summed E-state index contributed by atoms with van der Waals surface area (Å²) in [6, 6.07) is 3.36. The number of aryl methyl sites for hydroxylation is 2. The highest BCUT2D eigenvalue weighted by atomic mass is 35.5. The van der Waals surface area contributed by atoms with Crippen LogP contribution in [0.2, 0.25) is 5.02 Å². The van der Waals surface area contributed by atoms with Crippen molar-refractivity contribution in [3.05, 3.63) is 28.9 Å². The summed E-state index contributed by atoms with van der Waals surface area (Å²) in [6.45, 7) is 5.05. The van der Waals surface area contributed by atoms with Crippen LogP contribution in [0.15, 0.2) is 18.3 Å². The van der Waals surface area contributed by atoms with Crippen LogP contribution in [0, 0.1) is 6.92 Å². The zero-order valence-corrected chi connectivity index (χ0v) is 17.0. The molecule has 5 rings (SSSR count). The molecule has 2 aromatic heterocycles. The highest BCUT2D eigenvalue weighted by Gasteiger charge is 2.47. The molecule has 28 heavy (non-hydrogen) atoms. The average Bonchev–Trinajstić information content (AvgIpc) is 3.24. The first-order chi connectivity index (χ1) is 13.4. The van der Waals surface area contributed by atoms with Crippen LogP contribution in [-0.4, -0.2) is 61.7 Å². The fourth-order valence-corrected chi connectivity index (χ4v) is 4.83. The van der Waals surface area contributed by atoms with Gasteiger partial charge in [-0.05, 0) is 44.5 Å². The Balaban J connectivity index is 1.54. The lowest BCUT2D eigenvalue weighted by molar-refractivity contribution is 0.0307. The number of fused-ring (bicyclic) bond motifs is 1. The molecule has 0 saturated carbocycles. The van der Waals surface area contributed by atoms with Crippen LogP contribution in [0.4, 0.5) is 5.82 Å². The Morgan fingerprint density at radius 1 is 1.14 bits per heavy atom. The molecule has 4 heterocycles. The first-order valence-corrected chi connectivity index (χ1v) is 9.91. The van der Waals surface area contributed by atoms with Crippen molar-refractivity contribution < 1.29 is 5.11 Å². The van der Waals surface area contributed by atoms with E-state index in [1.54, 1.807) is 0 Å². The maximum Gasteiger partial charge on any atom is 0.200 e. The largest absolute Gasteiger partial charge is 0.507 e. The molecule has 0 bridgehead atoms. The Morgan fingerprint density at radius 2 is 1.93 bits per heavy atom. The van der Waals surface area contributed by atoms with Gasteiger partial charge >= 0.3 is 0 Å². The summed E-state index contributed by atoms with van der Waals surface area (Å²) in [6.07, 6.45) is 4.24. The molecule has 2 fully saturated rings. The molecule has 1 aromatic carbocycles. The standard InChI is InChI=1S/C20H23ClN6O/c1-12-8-13(21)9-14(28)16(12)18-24-17-19(26(18)3)22-10-15(23-17)27-7-5-20(11-27)4-6-25(20)2/h8-10,28H,4-7,11H2,1-3H3. The van der Waals surface area contributed by atoms with Gasteiger partial charge in [-0.15, -0.1) is 0 Å². The van der Waals surface area contributed by atoms with Gasteiger partial charge < -0.3 is 14.6 Å². The van der Waals surface area contributed by atoms with Crippen LogP contribution in [-0.2, 0) is 7.05 Å². The van der Waals surface area contributed by atoms with Gasteiger partial charge in [0.05, 0.1) is 11.8 Å². The van der Waals surface area contributed by atoms with E-state index >= 15 is 0 Å². The summed E-state index contributed by atoms with van der Waals surface area (Å²) < 4.78 is 1.87. The second kappa shape index (κ2) is 6.06. The van der Waals surface area contributed by atoms with Gasteiger partial charge in [0.2, 0.25) is 0 Å². The highest BCUT2D eigenvalue weighted by Crippen LogP contribution is 2.39. The highest BCUT2D eigenvalue weighted by molar-refractivity contribution is 6.31. The number of aromatic nitrogens is 4. The number of phenols is 1. The smallest absolute Gasteiger partial charge is 0.200 e. The number of benzene rings is 1. The van der Waals surface area contributed by atoms with Crippen LogP contribution in [0.1, 0.15) is 18.4 Å². The SMILES string of the molecule is Cc1cc(Cl)cc(O)c1-c1nc2nc(N3CCC4(CCN4C)C3)cnc2n1C. The van der Waals surface area contributed by atoms with Gasteiger partial charge in [0.25, 0.3) is 0 Å². The molecule has 0 amide bonds. The monoisotopic (exact) mass is 398 g/mol. The fourth-order valence-electron chi connectivity index (χ4n) is 4.56. The van der Waals surface area contributed by atoms with Crippen LogP contribution >= 0.6 is 11.6 Å². The lowest BCUT2D eigenvalue weighted by atomic mass is 9.85. The van der Waals surface area contributed by atoms with Crippen LogP contribution in [0.5, 0.6) is 5.75 Å². The Morgan fingerprint density at radius 3 is 2.57 bits per heavy atom. The van der Waals surface area contributed by atoms with E-state index in [1.165, 1.54) is 19.0 Å². The van der Waals surface area contributed by atoms with Crippen molar-refractivity contribution in [1.29, 1.82) is 0 Å². The molecule has 7 nitrogen and oxygen atoms in total. The summed E-state index contributed by atoms with van der Waals surface area (Å²) in [5, 5.41) is 10.9. The Kier molecular flexibility index (Phi) is 3.83. The van der Waals surface area contributed by atoms with E-state index in [9.17, 15) is 5.11 Å². The van der Waals surface area contributed by atoms with Gasteiger partial charge in [-0.3, -0.25) is 4.90 Å². The van der Waals surface area contributed by atoms with Crippen molar-refractivity contribution in [3.8, 4) is 17.1 Å². The average molecular weight is 399 g/mol. The van der Waals surface area contributed by atoms with Crippen molar-refractivity contribution in [2.24, 2.45) is 7.05 Å². The summed E-state index contributed by atoms with van der Waals surface area (Å²) in [7, 11) is 4.09. The van der Waals surface area contributed by atoms with E-state index in [4.69, 9.17) is 21.6 Å². The number of anilines is 1. The molecule has 0 radical (unpaired) electrons. The molecule has 2 saturated heterocycles.